The Kier molecular flexibility index (Phi) is 5.38. The summed E-state index contributed by atoms with van der Waals surface area (Å²) in [7, 11) is 2.03. The van der Waals surface area contributed by atoms with E-state index < -0.39 is 6.23 Å². The number of carbonyl (C=O) groups excluding carboxylic acids is 1. The first kappa shape index (κ1) is 18.5. The number of benzene rings is 1. The number of hydrazine groups is 1. The number of carbonyl (C=O) groups is 1. The zero-order chi connectivity index (χ0) is 18.8. The van der Waals surface area contributed by atoms with Crippen molar-refractivity contribution in [2.45, 2.75) is 45.0 Å². The zero-order valence-corrected chi connectivity index (χ0v) is 15.5. The highest BCUT2D eigenvalue weighted by Crippen LogP contribution is 2.33. The molecule has 0 bridgehead atoms. The normalized spacial score (nSPS) is 23.7. The van der Waals surface area contributed by atoms with Gasteiger partial charge in [-0.05, 0) is 44.9 Å². The molecule has 0 aromatic heterocycles. The minimum atomic E-state index is -0.558. The van der Waals surface area contributed by atoms with Gasteiger partial charge in [-0.2, -0.15) is 0 Å². The van der Waals surface area contributed by atoms with Gasteiger partial charge in [-0.15, -0.1) is 0 Å². The molecule has 26 heavy (non-hydrogen) atoms. The molecule has 0 amide bonds. The molecule has 1 aromatic rings. The number of aldehydes is 1. The number of aliphatic hydroxyl groups is 1. The van der Waals surface area contributed by atoms with Gasteiger partial charge >= 0.3 is 0 Å². The van der Waals surface area contributed by atoms with Gasteiger partial charge in [0.15, 0.2) is 6.29 Å². The van der Waals surface area contributed by atoms with Crippen molar-refractivity contribution in [3.63, 3.8) is 0 Å². The summed E-state index contributed by atoms with van der Waals surface area (Å²) in [5.41, 5.74) is 0.154. The summed E-state index contributed by atoms with van der Waals surface area (Å²) >= 11 is 0. The van der Waals surface area contributed by atoms with Crippen LogP contribution in [-0.2, 0) is 0 Å². The molecule has 1 fully saturated rings. The van der Waals surface area contributed by atoms with E-state index in [2.05, 4.69) is 29.9 Å². The summed E-state index contributed by atoms with van der Waals surface area (Å²) in [5, 5.41) is 24.6. The highest BCUT2D eigenvalue weighted by molar-refractivity contribution is 5.83. The lowest BCUT2D eigenvalue weighted by Gasteiger charge is -2.40. The summed E-state index contributed by atoms with van der Waals surface area (Å²) in [4.78, 5) is 13.2. The molecular formula is C19H27N3O4. The fourth-order valence-corrected chi connectivity index (χ4v) is 3.78. The lowest BCUT2D eigenvalue weighted by atomic mass is 10.2. The maximum absolute atomic E-state index is 11.2. The molecule has 0 spiro atoms. The number of phenols is 1. The largest absolute Gasteiger partial charge is 0.507 e. The molecule has 0 radical (unpaired) electrons. The minimum absolute atomic E-state index is 0.00847. The number of aromatic hydroxyl groups is 1. The topological polar surface area (TPSA) is 76.5 Å². The van der Waals surface area contributed by atoms with Crippen LogP contribution in [0.15, 0.2) is 30.1 Å². The average molecular weight is 361 g/mol. The van der Waals surface area contributed by atoms with E-state index in [4.69, 9.17) is 4.74 Å². The molecule has 1 saturated heterocycles. The van der Waals surface area contributed by atoms with Crippen LogP contribution in [-0.4, -0.2) is 69.9 Å². The van der Waals surface area contributed by atoms with Crippen LogP contribution in [0.1, 0.15) is 37.0 Å². The van der Waals surface area contributed by atoms with Crippen LogP contribution in [0.3, 0.4) is 0 Å². The number of hydrogen-bond acceptors (Lipinski definition) is 7. The Balaban J connectivity index is 1.76. The quantitative estimate of drug-likeness (QED) is 0.748. The lowest BCUT2D eigenvalue weighted by molar-refractivity contribution is -0.0435. The van der Waals surface area contributed by atoms with Gasteiger partial charge in [0, 0.05) is 19.6 Å². The van der Waals surface area contributed by atoms with Crippen LogP contribution in [0.2, 0.25) is 0 Å². The number of hydrogen-bond donors (Lipinski definition) is 2. The number of aliphatic hydroxyl groups excluding tert-OH is 1. The van der Waals surface area contributed by atoms with Gasteiger partial charge in [0.2, 0.25) is 0 Å². The van der Waals surface area contributed by atoms with Crippen molar-refractivity contribution in [2.24, 2.45) is 0 Å². The van der Waals surface area contributed by atoms with E-state index in [9.17, 15) is 15.0 Å². The van der Waals surface area contributed by atoms with E-state index in [1.165, 1.54) is 6.07 Å². The molecule has 1 aromatic carbocycles. The van der Waals surface area contributed by atoms with Crippen molar-refractivity contribution >= 4 is 6.29 Å². The predicted molar refractivity (Wildman–Crippen MR) is 97.5 cm³/mol. The molecule has 7 nitrogen and oxygen atoms in total. The van der Waals surface area contributed by atoms with Crippen LogP contribution in [0.25, 0.3) is 0 Å². The van der Waals surface area contributed by atoms with E-state index in [1.54, 1.807) is 12.1 Å². The Morgan fingerprint density at radius 1 is 1.35 bits per heavy atom. The molecule has 2 heterocycles. The predicted octanol–water partition coefficient (Wildman–Crippen LogP) is 1.78. The van der Waals surface area contributed by atoms with Crippen LogP contribution in [0.4, 0.5) is 0 Å². The monoisotopic (exact) mass is 361 g/mol. The van der Waals surface area contributed by atoms with Crippen molar-refractivity contribution < 1.29 is 19.7 Å². The van der Waals surface area contributed by atoms with Crippen molar-refractivity contribution in [3.05, 3.63) is 35.7 Å². The van der Waals surface area contributed by atoms with Gasteiger partial charge in [-0.3, -0.25) is 9.80 Å². The van der Waals surface area contributed by atoms with E-state index in [0.717, 1.165) is 18.8 Å². The van der Waals surface area contributed by atoms with Gasteiger partial charge in [-0.25, -0.2) is 5.01 Å². The summed E-state index contributed by atoms with van der Waals surface area (Å²) in [6, 6.07) is 5.04. The molecule has 2 aliphatic rings. The van der Waals surface area contributed by atoms with E-state index >= 15 is 0 Å². The molecule has 2 atom stereocenters. The first-order valence-electron chi connectivity index (χ1n) is 9.00. The third-order valence-corrected chi connectivity index (χ3v) is 4.96. The van der Waals surface area contributed by atoms with Crippen molar-refractivity contribution in [3.8, 4) is 11.5 Å². The molecule has 7 heteroatoms. The molecule has 3 rings (SSSR count). The molecule has 2 N–H and O–H groups in total. The van der Waals surface area contributed by atoms with Gasteiger partial charge < -0.3 is 19.8 Å². The Labute approximate surface area is 154 Å². The van der Waals surface area contributed by atoms with E-state index in [0.29, 0.717) is 25.1 Å². The standard InChI is InChI=1S/C19H27N3O4/c1-13(2)22-18(9-10-20(22)3)21-14(7-8-19(21)25)12-26-17-6-4-5-16(24)15(17)11-23/h4-6,9,11,13-14,19,24-25H,7-8,10,12H2,1-3H3. The molecular weight excluding hydrogens is 334 g/mol. The number of likely N-dealkylation sites (tertiary alicyclic amines) is 1. The average Bonchev–Trinajstić information content (AvgIpc) is 3.15. The second kappa shape index (κ2) is 7.55. The SMILES string of the molecule is CC(C)N1C(N2C(O)CCC2COc2cccc(O)c2C=O)=CCN1C. The Morgan fingerprint density at radius 3 is 2.81 bits per heavy atom. The maximum Gasteiger partial charge on any atom is 0.157 e. The third-order valence-electron chi connectivity index (χ3n) is 4.96. The maximum atomic E-state index is 11.2. The minimum Gasteiger partial charge on any atom is -0.507 e. The number of nitrogens with zero attached hydrogens (tertiary/aromatic N) is 3. The highest BCUT2D eigenvalue weighted by Gasteiger charge is 2.39. The molecule has 2 unspecified atom stereocenters. The molecule has 0 aliphatic carbocycles. The number of rotatable bonds is 6. The van der Waals surface area contributed by atoms with Crippen molar-refractivity contribution in [1.82, 2.24) is 14.9 Å². The zero-order valence-electron chi connectivity index (χ0n) is 15.5. The molecule has 0 saturated carbocycles. The molecule has 2 aliphatic heterocycles. The Bertz CT molecular complexity index is 691. The second-order valence-electron chi connectivity index (χ2n) is 7.08. The number of likely N-dealkylation sites (N-methyl/N-ethyl adjacent to an activating group) is 1. The lowest BCUT2D eigenvalue weighted by Crippen LogP contribution is -2.48. The fourth-order valence-electron chi connectivity index (χ4n) is 3.78. The first-order chi connectivity index (χ1) is 12.4. The van der Waals surface area contributed by atoms with Gasteiger partial charge in [0.25, 0.3) is 0 Å². The van der Waals surface area contributed by atoms with Gasteiger partial charge in [0.1, 0.15) is 30.2 Å². The van der Waals surface area contributed by atoms with Gasteiger partial charge in [0.05, 0.1) is 11.6 Å². The van der Waals surface area contributed by atoms with Gasteiger partial charge in [-0.1, -0.05) is 6.07 Å². The smallest absolute Gasteiger partial charge is 0.157 e. The summed E-state index contributed by atoms with van der Waals surface area (Å²) < 4.78 is 5.85. The third kappa shape index (κ3) is 3.37. The summed E-state index contributed by atoms with van der Waals surface area (Å²) in [6.45, 7) is 5.36. The van der Waals surface area contributed by atoms with Crippen LogP contribution < -0.4 is 4.74 Å². The Hall–Kier alpha value is -2.25. The second-order valence-corrected chi connectivity index (χ2v) is 7.08. The Morgan fingerprint density at radius 2 is 2.12 bits per heavy atom. The van der Waals surface area contributed by atoms with Crippen molar-refractivity contribution in [2.75, 3.05) is 20.2 Å². The van der Waals surface area contributed by atoms with Crippen LogP contribution >= 0.6 is 0 Å². The fraction of sp³-hybridized carbons (Fsp3) is 0.526. The van der Waals surface area contributed by atoms with E-state index in [1.807, 2.05) is 11.9 Å². The van der Waals surface area contributed by atoms with E-state index in [-0.39, 0.29) is 23.4 Å². The first-order valence-corrected chi connectivity index (χ1v) is 9.00. The number of phenolic OH excluding ortho intramolecular Hbond substituents is 1. The van der Waals surface area contributed by atoms with Crippen LogP contribution in [0.5, 0.6) is 11.5 Å². The summed E-state index contributed by atoms with van der Waals surface area (Å²) in [6.07, 6.45) is 3.62. The highest BCUT2D eigenvalue weighted by atomic mass is 16.5. The summed E-state index contributed by atoms with van der Waals surface area (Å²) in [5.74, 6) is 1.26. The van der Waals surface area contributed by atoms with Crippen molar-refractivity contribution in [1.29, 1.82) is 0 Å². The number of ether oxygens (including phenoxy) is 1. The van der Waals surface area contributed by atoms with Crippen LogP contribution in [0, 0.1) is 0 Å². The molecule has 142 valence electrons.